The average molecular weight is 352 g/mol. The number of hydrogen-bond acceptors (Lipinski definition) is 4. The highest BCUT2D eigenvalue weighted by molar-refractivity contribution is 5.99. The lowest BCUT2D eigenvalue weighted by molar-refractivity contribution is -0.123. The normalized spacial score (nSPS) is 11.8. The van der Waals surface area contributed by atoms with Crippen LogP contribution < -0.4 is 10.1 Å². The number of fused-ring (bicyclic) bond motifs is 1. The number of rotatable bonds is 6. The van der Waals surface area contributed by atoms with Gasteiger partial charge in [-0.05, 0) is 38.1 Å². The van der Waals surface area contributed by atoms with Crippen molar-refractivity contribution < 1.29 is 19.1 Å². The third-order valence-corrected chi connectivity index (χ3v) is 3.85. The van der Waals surface area contributed by atoms with E-state index in [4.69, 9.17) is 9.47 Å². The molecule has 1 aromatic heterocycles. The van der Waals surface area contributed by atoms with E-state index in [1.807, 2.05) is 37.3 Å². The molecule has 0 aliphatic carbocycles. The third kappa shape index (κ3) is 3.85. The van der Waals surface area contributed by atoms with Crippen LogP contribution in [0, 0.1) is 0 Å². The molecule has 0 bridgehead atoms. The number of para-hydroxylation sites is 3. The monoisotopic (exact) mass is 352 g/mol. The number of amides is 1. The lowest BCUT2D eigenvalue weighted by Crippen LogP contribution is -2.30. The van der Waals surface area contributed by atoms with Crippen molar-refractivity contribution in [2.24, 2.45) is 0 Å². The van der Waals surface area contributed by atoms with E-state index < -0.39 is 18.0 Å². The Morgan fingerprint density at radius 3 is 2.62 bits per heavy atom. The van der Waals surface area contributed by atoms with Gasteiger partial charge >= 0.3 is 5.97 Å². The van der Waals surface area contributed by atoms with Gasteiger partial charge in [0.1, 0.15) is 11.4 Å². The molecule has 0 saturated heterocycles. The van der Waals surface area contributed by atoms with Crippen molar-refractivity contribution in [3.8, 4) is 5.75 Å². The molecule has 0 saturated carbocycles. The van der Waals surface area contributed by atoms with Crippen molar-refractivity contribution in [3.63, 3.8) is 0 Å². The molecule has 0 unspecified atom stereocenters. The van der Waals surface area contributed by atoms with E-state index in [9.17, 15) is 9.59 Å². The molecule has 2 N–H and O–H groups in total. The maximum Gasteiger partial charge on any atom is 0.355 e. The smallest absolute Gasteiger partial charge is 0.355 e. The molecule has 2 aromatic carbocycles. The van der Waals surface area contributed by atoms with E-state index in [1.165, 1.54) is 6.92 Å². The second-order valence-electron chi connectivity index (χ2n) is 5.74. The molecule has 1 atom stereocenters. The zero-order chi connectivity index (χ0) is 18.5. The van der Waals surface area contributed by atoms with Gasteiger partial charge in [-0.15, -0.1) is 0 Å². The summed E-state index contributed by atoms with van der Waals surface area (Å²) in [5.41, 5.74) is 1.68. The molecule has 3 rings (SSSR count). The SMILES string of the molecule is CCOc1ccccc1NC(=O)[C@H](C)OC(=O)c1cc2ccccc2[nH]1. The summed E-state index contributed by atoms with van der Waals surface area (Å²) < 4.78 is 10.8. The summed E-state index contributed by atoms with van der Waals surface area (Å²) in [7, 11) is 0. The van der Waals surface area contributed by atoms with Crippen molar-refractivity contribution >= 4 is 28.5 Å². The molecule has 0 spiro atoms. The molecule has 0 radical (unpaired) electrons. The number of ether oxygens (including phenoxy) is 2. The fourth-order valence-electron chi connectivity index (χ4n) is 2.55. The van der Waals surface area contributed by atoms with Crippen molar-refractivity contribution in [1.29, 1.82) is 0 Å². The van der Waals surface area contributed by atoms with E-state index in [0.717, 1.165) is 10.9 Å². The van der Waals surface area contributed by atoms with Gasteiger partial charge < -0.3 is 19.8 Å². The van der Waals surface area contributed by atoms with Gasteiger partial charge in [0, 0.05) is 10.9 Å². The molecule has 6 heteroatoms. The van der Waals surface area contributed by atoms with Crippen LogP contribution >= 0.6 is 0 Å². The van der Waals surface area contributed by atoms with Gasteiger partial charge in [-0.25, -0.2) is 4.79 Å². The molecule has 134 valence electrons. The second-order valence-corrected chi connectivity index (χ2v) is 5.74. The quantitative estimate of drug-likeness (QED) is 0.662. The number of aromatic amines is 1. The first-order valence-electron chi connectivity index (χ1n) is 8.40. The number of hydrogen-bond donors (Lipinski definition) is 2. The molecular weight excluding hydrogens is 332 g/mol. The van der Waals surface area contributed by atoms with Crippen LogP contribution in [0.3, 0.4) is 0 Å². The molecule has 1 heterocycles. The van der Waals surface area contributed by atoms with E-state index in [1.54, 1.807) is 24.3 Å². The van der Waals surface area contributed by atoms with Crippen molar-refractivity contribution in [1.82, 2.24) is 4.98 Å². The van der Waals surface area contributed by atoms with Crippen LogP contribution in [-0.2, 0) is 9.53 Å². The summed E-state index contributed by atoms with van der Waals surface area (Å²) in [6.45, 7) is 3.88. The van der Waals surface area contributed by atoms with Gasteiger partial charge in [0.15, 0.2) is 6.10 Å². The lowest BCUT2D eigenvalue weighted by Gasteiger charge is -2.15. The Balaban J connectivity index is 1.66. The number of benzene rings is 2. The largest absolute Gasteiger partial charge is 0.492 e. The molecule has 26 heavy (non-hydrogen) atoms. The highest BCUT2D eigenvalue weighted by Gasteiger charge is 2.21. The Bertz CT molecular complexity index is 899. The Labute approximate surface area is 151 Å². The number of nitrogens with one attached hydrogen (secondary N) is 2. The zero-order valence-corrected chi connectivity index (χ0v) is 14.6. The molecule has 3 aromatic rings. The van der Waals surface area contributed by atoms with Crippen LogP contribution in [0.2, 0.25) is 0 Å². The van der Waals surface area contributed by atoms with E-state index in [-0.39, 0.29) is 0 Å². The first-order valence-corrected chi connectivity index (χ1v) is 8.40. The summed E-state index contributed by atoms with van der Waals surface area (Å²) in [5.74, 6) is -0.443. The Kier molecular flexibility index (Phi) is 5.22. The first kappa shape index (κ1) is 17.5. The van der Waals surface area contributed by atoms with Crippen molar-refractivity contribution in [2.75, 3.05) is 11.9 Å². The first-order chi connectivity index (χ1) is 12.6. The van der Waals surface area contributed by atoms with Gasteiger partial charge in [-0.1, -0.05) is 30.3 Å². The summed E-state index contributed by atoms with van der Waals surface area (Å²) in [4.78, 5) is 27.6. The van der Waals surface area contributed by atoms with Crippen LogP contribution in [-0.4, -0.2) is 29.6 Å². The lowest BCUT2D eigenvalue weighted by atomic mass is 10.2. The van der Waals surface area contributed by atoms with Crippen molar-refractivity contribution in [3.05, 3.63) is 60.3 Å². The third-order valence-electron chi connectivity index (χ3n) is 3.85. The number of carbonyl (C=O) groups excluding carboxylic acids is 2. The van der Waals surface area contributed by atoms with Gasteiger partial charge in [0.25, 0.3) is 5.91 Å². The van der Waals surface area contributed by atoms with Crippen LogP contribution in [0.5, 0.6) is 5.75 Å². The number of anilines is 1. The summed E-state index contributed by atoms with van der Waals surface area (Å²) >= 11 is 0. The van der Waals surface area contributed by atoms with Crippen LogP contribution in [0.15, 0.2) is 54.6 Å². The van der Waals surface area contributed by atoms with Gasteiger partial charge in [-0.2, -0.15) is 0 Å². The number of carbonyl (C=O) groups is 2. The maximum absolute atomic E-state index is 12.4. The van der Waals surface area contributed by atoms with E-state index in [0.29, 0.717) is 23.7 Å². The minimum atomic E-state index is -0.955. The second kappa shape index (κ2) is 7.74. The topological polar surface area (TPSA) is 80.4 Å². The predicted molar refractivity (Wildman–Crippen MR) is 99.4 cm³/mol. The highest BCUT2D eigenvalue weighted by Crippen LogP contribution is 2.24. The van der Waals surface area contributed by atoms with Crippen LogP contribution in [0.4, 0.5) is 5.69 Å². The number of esters is 1. The summed E-state index contributed by atoms with van der Waals surface area (Å²) in [6, 6.07) is 16.3. The standard InChI is InChI=1S/C20H20N2O4/c1-3-25-18-11-7-6-10-16(18)22-19(23)13(2)26-20(24)17-12-14-8-4-5-9-15(14)21-17/h4-13,21H,3H2,1-2H3,(H,22,23)/t13-/m0/s1. The van der Waals surface area contributed by atoms with Crippen LogP contribution in [0.1, 0.15) is 24.3 Å². The molecule has 0 fully saturated rings. The highest BCUT2D eigenvalue weighted by atomic mass is 16.5. The van der Waals surface area contributed by atoms with E-state index in [2.05, 4.69) is 10.3 Å². The average Bonchev–Trinajstić information content (AvgIpc) is 3.08. The zero-order valence-electron chi connectivity index (χ0n) is 14.6. The Hall–Kier alpha value is -3.28. The molecule has 0 aliphatic heterocycles. The molecule has 1 amide bonds. The fraction of sp³-hybridized carbons (Fsp3) is 0.200. The van der Waals surface area contributed by atoms with Gasteiger partial charge in [-0.3, -0.25) is 4.79 Å². The maximum atomic E-state index is 12.4. The summed E-state index contributed by atoms with van der Waals surface area (Å²) in [5, 5.41) is 3.63. The fourth-order valence-corrected chi connectivity index (χ4v) is 2.55. The van der Waals surface area contributed by atoms with Gasteiger partial charge in [0.05, 0.1) is 12.3 Å². The Morgan fingerprint density at radius 1 is 1.12 bits per heavy atom. The predicted octanol–water partition coefficient (Wildman–Crippen LogP) is 3.75. The van der Waals surface area contributed by atoms with E-state index >= 15 is 0 Å². The number of aromatic nitrogens is 1. The molecular formula is C20H20N2O4. The number of H-pyrrole nitrogens is 1. The van der Waals surface area contributed by atoms with Crippen molar-refractivity contribution in [2.45, 2.75) is 20.0 Å². The summed E-state index contributed by atoms with van der Waals surface area (Å²) in [6.07, 6.45) is -0.955. The van der Waals surface area contributed by atoms with Gasteiger partial charge in [0.2, 0.25) is 0 Å². The molecule has 6 nitrogen and oxygen atoms in total. The molecule has 0 aliphatic rings. The van der Waals surface area contributed by atoms with Crippen LogP contribution in [0.25, 0.3) is 10.9 Å². The minimum Gasteiger partial charge on any atom is -0.492 e. The minimum absolute atomic E-state index is 0.306. The Morgan fingerprint density at radius 2 is 1.85 bits per heavy atom.